The lowest BCUT2D eigenvalue weighted by Crippen LogP contribution is -2.46. The van der Waals surface area contributed by atoms with Crippen LogP contribution in [0.15, 0.2) is 24.3 Å². The molecule has 2 amide bonds. The molecular formula is C18H25N3O2. The molecule has 5 heteroatoms. The number of anilines is 1. The minimum atomic E-state index is 0.0225. The molecule has 1 aromatic rings. The first kappa shape index (κ1) is 16.0. The molecule has 0 aromatic heterocycles. The van der Waals surface area contributed by atoms with Gasteiger partial charge in [-0.2, -0.15) is 0 Å². The van der Waals surface area contributed by atoms with Crippen LogP contribution in [0.2, 0.25) is 0 Å². The molecule has 2 N–H and O–H groups in total. The van der Waals surface area contributed by atoms with Crippen LogP contribution in [-0.4, -0.2) is 42.4 Å². The third-order valence-electron chi connectivity index (χ3n) is 4.58. The summed E-state index contributed by atoms with van der Waals surface area (Å²) in [7, 11) is 0. The molecule has 1 heterocycles. The van der Waals surface area contributed by atoms with Gasteiger partial charge in [-0.15, -0.1) is 0 Å². The Morgan fingerprint density at radius 2 is 1.74 bits per heavy atom. The topological polar surface area (TPSA) is 61.4 Å². The molecule has 1 aliphatic heterocycles. The lowest BCUT2D eigenvalue weighted by atomic mass is 10.0. The maximum Gasteiger partial charge on any atom is 0.238 e. The van der Waals surface area contributed by atoms with E-state index in [4.69, 9.17) is 0 Å². The number of piperidine rings is 1. The van der Waals surface area contributed by atoms with Crippen molar-refractivity contribution in [3.05, 3.63) is 29.8 Å². The van der Waals surface area contributed by atoms with Crippen LogP contribution in [0.25, 0.3) is 0 Å². The molecule has 124 valence electrons. The maximum atomic E-state index is 12.1. The summed E-state index contributed by atoms with van der Waals surface area (Å²) in [4.78, 5) is 26.0. The Hall–Kier alpha value is -1.88. The van der Waals surface area contributed by atoms with E-state index < -0.39 is 0 Å². The average molecular weight is 315 g/mol. The van der Waals surface area contributed by atoms with Gasteiger partial charge in [-0.25, -0.2) is 0 Å². The zero-order chi connectivity index (χ0) is 16.2. The van der Waals surface area contributed by atoms with Crippen LogP contribution in [0.4, 0.5) is 5.69 Å². The molecule has 23 heavy (non-hydrogen) atoms. The molecule has 5 nitrogen and oxygen atoms in total. The number of likely N-dealkylation sites (tertiary alicyclic amines) is 1. The van der Waals surface area contributed by atoms with Crippen LogP contribution in [0.5, 0.6) is 0 Å². The number of carbonyl (C=O) groups excluding carboxylic acids is 2. The number of nitrogens with zero attached hydrogens (tertiary/aromatic N) is 1. The predicted molar refractivity (Wildman–Crippen MR) is 90.1 cm³/mol. The van der Waals surface area contributed by atoms with E-state index >= 15 is 0 Å². The number of rotatable bonds is 5. The van der Waals surface area contributed by atoms with Crippen LogP contribution >= 0.6 is 0 Å². The zero-order valence-electron chi connectivity index (χ0n) is 13.7. The number of carbonyl (C=O) groups is 2. The molecule has 1 aromatic carbocycles. The van der Waals surface area contributed by atoms with E-state index in [0.717, 1.165) is 44.5 Å². The van der Waals surface area contributed by atoms with Crippen molar-refractivity contribution in [1.82, 2.24) is 10.2 Å². The summed E-state index contributed by atoms with van der Waals surface area (Å²) < 4.78 is 0. The molecule has 0 unspecified atom stereocenters. The van der Waals surface area contributed by atoms with Gasteiger partial charge in [0, 0.05) is 30.7 Å². The highest BCUT2D eigenvalue weighted by molar-refractivity contribution is 5.92. The normalized spacial score (nSPS) is 19.3. The summed E-state index contributed by atoms with van der Waals surface area (Å²) in [6.45, 7) is 4.16. The second-order valence-electron chi connectivity index (χ2n) is 6.75. The lowest BCUT2D eigenvalue weighted by Gasteiger charge is -2.31. The summed E-state index contributed by atoms with van der Waals surface area (Å²) in [6, 6.07) is 8.10. The van der Waals surface area contributed by atoms with Crippen molar-refractivity contribution in [3.8, 4) is 0 Å². The summed E-state index contributed by atoms with van der Waals surface area (Å²) in [6.07, 6.45) is 3.94. The Morgan fingerprint density at radius 1 is 1.09 bits per heavy atom. The van der Waals surface area contributed by atoms with Crippen LogP contribution in [-0.2, 0) is 9.59 Å². The van der Waals surface area contributed by atoms with Crippen LogP contribution in [0, 0.1) is 12.8 Å². The van der Waals surface area contributed by atoms with Crippen LogP contribution in [0.1, 0.15) is 31.2 Å². The molecule has 0 atom stereocenters. The molecule has 0 radical (unpaired) electrons. The SMILES string of the molecule is Cc1ccc(NC(=O)CN2CCC(NC(=O)C3CC3)CC2)cc1. The maximum absolute atomic E-state index is 12.1. The van der Waals surface area contributed by atoms with E-state index in [0.29, 0.717) is 6.54 Å². The minimum absolute atomic E-state index is 0.0225. The Labute approximate surface area is 137 Å². The van der Waals surface area contributed by atoms with E-state index in [1.165, 1.54) is 5.56 Å². The second-order valence-corrected chi connectivity index (χ2v) is 6.75. The summed E-state index contributed by atoms with van der Waals surface area (Å²) >= 11 is 0. The fraction of sp³-hybridized carbons (Fsp3) is 0.556. The van der Waals surface area contributed by atoms with Crippen molar-refractivity contribution in [2.24, 2.45) is 5.92 Å². The van der Waals surface area contributed by atoms with Gasteiger partial charge < -0.3 is 10.6 Å². The minimum Gasteiger partial charge on any atom is -0.353 e. The van der Waals surface area contributed by atoms with Gasteiger partial charge in [0.2, 0.25) is 11.8 Å². The molecule has 1 aliphatic carbocycles. The molecule has 2 aliphatic rings. The van der Waals surface area contributed by atoms with E-state index in [2.05, 4.69) is 15.5 Å². The van der Waals surface area contributed by atoms with Gasteiger partial charge >= 0.3 is 0 Å². The van der Waals surface area contributed by atoms with Gasteiger partial charge in [0.25, 0.3) is 0 Å². The highest BCUT2D eigenvalue weighted by atomic mass is 16.2. The number of amides is 2. The summed E-state index contributed by atoms with van der Waals surface area (Å²) in [5.41, 5.74) is 2.02. The van der Waals surface area contributed by atoms with Gasteiger partial charge in [-0.3, -0.25) is 14.5 Å². The summed E-state index contributed by atoms with van der Waals surface area (Å²) in [5, 5.41) is 6.07. The molecule has 1 saturated carbocycles. The Kier molecular flexibility index (Phi) is 4.96. The van der Waals surface area contributed by atoms with Crippen molar-refractivity contribution in [1.29, 1.82) is 0 Å². The highest BCUT2D eigenvalue weighted by Gasteiger charge is 2.31. The largest absolute Gasteiger partial charge is 0.353 e. The number of aryl methyl sites for hydroxylation is 1. The van der Waals surface area contributed by atoms with Gasteiger partial charge in [0.1, 0.15) is 0 Å². The van der Waals surface area contributed by atoms with E-state index in [1.54, 1.807) is 0 Å². The van der Waals surface area contributed by atoms with Crippen molar-refractivity contribution in [3.63, 3.8) is 0 Å². The standard InChI is InChI=1S/C18H25N3O2/c1-13-2-6-15(7-3-13)19-17(22)12-21-10-8-16(9-11-21)20-18(23)14-4-5-14/h2-3,6-7,14,16H,4-5,8-12H2,1H3,(H,19,22)(H,20,23). The third kappa shape index (κ3) is 4.79. The molecular weight excluding hydrogens is 290 g/mol. The zero-order valence-corrected chi connectivity index (χ0v) is 13.7. The smallest absolute Gasteiger partial charge is 0.238 e. The van der Waals surface area contributed by atoms with Crippen molar-refractivity contribution in [2.45, 2.75) is 38.6 Å². The highest BCUT2D eigenvalue weighted by Crippen LogP contribution is 2.29. The fourth-order valence-corrected chi connectivity index (χ4v) is 2.94. The summed E-state index contributed by atoms with van der Waals surface area (Å²) in [5.74, 6) is 0.517. The number of nitrogens with one attached hydrogen (secondary N) is 2. The number of hydrogen-bond donors (Lipinski definition) is 2. The molecule has 3 rings (SSSR count). The molecule has 2 fully saturated rings. The van der Waals surface area contributed by atoms with Gasteiger partial charge in [0.05, 0.1) is 6.54 Å². The fourth-order valence-electron chi connectivity index (χ4n) is 2.94. The lowest BCUT2D eigenvalue weighted by molar-refractivity contribution is -0.123. The predicted octanol–water partition coefficient (Wildman–Crippen LogP) is 1.92. The molecule has 1 saturated heterocycles. The van der Waals surface area contributed by atoms with E-state index in [1.807, 2.05) is 31.2 Å². The Bertz CT molecular complexity index is 558. The quantitative estimate of drug-likeness (QED) is 0.873. The van der Waals surface area contributed by atoms with Crippen molar-refractivity contribution in [2.75, 3.05) is 25.0 Å². The monoisotopic (exact) mass is 315 g/mol. The number of hydrogen-bond acceptors (Lipinski definition) is 3. The van der Waals surface area contributed by atoms with Crippen molar-refractivity contribution >= 4 is 17.5 Å². The first-order valence-electron chi connectivity index (χ1n) is 8.49. The number of benzene rings is 1. The molecule has 0 spiro atoms. The molecule has 0 bridgehead atoms. The van der Waals surface area contributed by atoms with Crippen LogP contribution in [0.3, 0.4) is 0 Å². The van der Waals surface area contributed by atoms with Crippen LogP contribution < -0.4 is 10.6 Å². The van der Waals surface area contributed by atoms with Crippen molar-refractivity contribution < 1.29 is 9.59 Å². The Morgan fingerprint density at radius 3 is 2.35 bits per heavy atom. The van der Waals surface area contributed by atoms with Gasteiger partial charge in [0.15, 0.2) is 0 Å². The van der Waals surface area contributed by atoms with Gasteiger partial charge in [-0.1, -0.05) is 17.7 Å². The first-order chi connectivity index (χ1) is 11.1. The van der Waals surface area contributed by atoms with E-state index in [9.17, 15) is 9.59 Å². The van der Waals surface area contributed by atoms with Gasteiger partial charge in [-0.05, 0) is 44.7 Å². The van der Waals surface area contributed by atoms with E-state index in [-0.39, 0.29) is 23.8 Å². The average Bonchev–Trinajstić information content (AvgIpc) is 3.36. The Balaban J connectivity index is 1.38. The third-order valence-corrected chi connectivity index (χ3v) is 4.58. The first-order valence-corrected chi connectivity index (χ1v) is 8.49. The second kappa shape index (κ2) is 7.13.